The fourth-order valence-corrected chi connectivity index (χ4v) is 2.99. The van der Waals surface area contributed by atoms with E-state index < -0.39 is 6.09 Å². The third-order valence-corrected chi connectivity index (χ3v) is 4.55. The van der Waals surface area contributed by atoms with Crippen LogP contribution in [0.4, 0.5) is 10.6 Å². The predicted octanol–water partition coefficient (Wildman–Crippen LogP) is 4.67. The predicted molar refractivity (Wildman–Crippen MR) is 115 cm³/mol. The van der Waals surface area contributed by atoms with Gasteiger partial charge in [-0.2, -0.15) is 5.10 Å². The standard InChI is InChI=1S/C22H24ClN3O4/c1-16-12-21(24-22(27)29-11-10-28-2)25-26(16)14-18-13-19(23)8-9-20(18)30-15-17-6-4-3-5-7-17/h3-9,12-13H,10-11,14-15H2,1-2H3,(H,24,25,27). The molecule has 158 valence electrons. The van der Waals surface area contributed by atoms with Gasteiger partial charge in [0, 0.05) is 29.5 Å². The fourth-order valence-electron chi connectivity index (χ4n) is 2.80. The molecule has 30 heavy (non-hydrogen) atoms. The Bertz CT molecular complexity index is 976. The Morgan fingerprint density at radius 1 is 1.13 bits per heavy atom. The van der Waals surface area contributed by atoms with E-state index in [1.807, 2.05) is 49.4 Å². The van der Waals surface area contributed by atoms with Gasteiger partial charge < -0.3 is 14.2 Å². The van der Waals surface area contributed by atoms with Crippen molar-refractivity contribution in [1.29, 1.82) is 0 Å². The van der Waals surface area contributed by atoms with Gasteiger partial charge in [0.2, 0.25) is 0 Å². The Labute approximate surface area is 180 Å². The molecule has 0 radical (unpaired) electrons. The number of anilines is 1. The molecule has 0 aliphatic heterocycles. The molecule has 0 aliphatic rings. The smallest absolute Gasteiger partial charge is 0.412 e. The molecule has 0 bridgehead atoms. The minimum Gasteiger partial charge on any atom is -0.489 e. The second kappa shape index (κ2) is 10.7. The van der Waals surface area contributed by atoms with Crippen LogP contribution in [0.15, 0.2) is 54.6 Å². The van der Waals surface area contributed by atoms with E-state index in [1.165, 1.54) is 0 Å². The number of carbonyl (C=O) groups excluding carboxylic acids is 1. The van der Waals surface area contributed by atoms with Crippen molar-refractivity contribution in [3.8, 4) is 5.75 Å². The summed E-state index contributed by atoms with van der Waals surface area (Å²) in [5.41, 5.74) is 2.84. The molecule has 1 amide bonds. The largest absolute Gasteiger partial charge is 0.489 e. The van der Waals surface area contributed by atoms with Crippen molar-refractivity contribution < 1.29 is 19.0 Å². The second-order valence-corrected chi connectivity index (χ2v) is 7.05. The number of hydrogen-bond donors (Lipinski definition) is 1. The summed E-state index contributed by atoms with van der Waals surface area (Å²) in [7, 11) is 1.54. The first kappa shape index (κ1) is 21.7. The summed E-state index contributed by atoms with van der Waals surface area (Å²) in [5, 5.41) is 7.66. The van der Waals surface area contributed by atoms with Crippen LogP contribution < -0.4 is 10.1 Å². The maximum Gasteiger partial charge on any atom is 0.412 e. The quantitative estimate of drug-likeness (QED) is 0.500. The molecule has 0 unspecified atom stereocenters. The van der Waals surface area contributed by atoms with E-state index in [1.54, 1.807) is 23.9 Å². The van der Waals surface area contributed by atoms with Gasteiger partial charge in [0.1, 0.15) is 19.0 Å². The maximum absolute atomic E-state index is 11.8. The number of rotatable bonds is 9. The number of halogens is 1. The van der Waals surface area contributed by atoms with Crippen molar-refractivity contribution in [3.63, 3.8) is 0 Å². The molecular formula is C22H24ClN3O4. The van der Waals surface area contributed by atoms with Crippen LogP contribution in [0.1, 0.15) is 16.8 Å². The number of methoxy groups -OCH3 is 1. The first-order chi connectivity index (χ1) is 14.5. The highest BCUT2D eigenvalue weighted by Crippen LogP contribution is 2.25. The highest BCUT2D eigenvalue weighted by molar-refractivity contribution is 6.30. The number of ether oxygens (including phenoxy) is 3. The number of aryl methyl sites for hydroxylation is 1. The lowest BCUT2D eigenvalue weighted by Crippen LogP contribution is -2.17. The van der Waals surface area contributed by atoms with Crippen molar-refractivity contribution in [1.82, 2.24) is 9.78 Å². The van der Waals surface area contributed by atoms with Crippen LogP contribution in [0.3, 0.4) is 0 Å². The summed E-state index contributed by atoms with van der Waals surface area (Å²) in [5.74, 6) is 1.13. The topological polar surface area (TPSA) is 74.6 Å². The van der Waals surface area contributed by atoms with Crippen LogP contribution in [-0.4, -0.2) is 36.2 Å². The van der Waals surface area contributed by atoms with Gasteiger partial charge >= 0.3 is 6.09 Å². The lowest BCUT2D eigenvalue weighted by molar-refractivity contribution is 0.107. The lowest BCUT2D eigenvalue weighted by Gasteiger charge is -2.13. The number of amides is 1. The number of nitrogens with one attached hydrogen (secondary N) is 1. The Morgan fingerprint density at radius 2 is 1.93 bits per heavy atom. The molecule has 0 spiro atoms. The zero-order chi connectivity index (χ0) is 21.3. The van der Waals surface area contributed by atoms with E-state index in [0.29, 0.717) is 30.6 Å². The molecule has 0 atom stereocenters. The molecule has 0 saturated heterocycles. The van der Waals surface area contributed by atoms with Crippen molar-refractivity contribution in [3.05, 3.63) is 76.4 Å². The van der Waals surface area contributed by atoms with Gasteiger partial charge in [-0.1, -0.05) is 41.9 Å². The zero-order valence-corrected chi connectivity index (χ0v) is 17.7. The number of benzene rings is 2. The summed E-state index contributed by atoms with van der Waals surface area (Å²) >= 11 is 6.21. The van der Waals surface area contributed by atoms with Crippen molar-refractivity contribution in [2.75, 3.05) is 25.6 Å². The van der Waals surface area contributed by atoms with Crippen LogP contribution in [0.5, 0.6) is 5.75 Å². The lowest BCUT2D eigenvalue weighted by atomic mass is 10.2. The van der Waals surface area contributed by atoms with E-state index in [0.717, 1.165) is 22.6 Å². The second-order valence-electron chi connectivity index (χ2n) is 6.61. The van der Waals surface area contributed by atoms with Gasteiger partial charge in [-0.3, -0.25) is 10.00 Å². The molecule has 0 aliphatic carbocycles. The number of nitrogens with zero attached hydrogens (tertiary/aromatic N) is 2. The van der Waals surface area contributed by atoms with E-state index in [-0.39, 0.29) is 6.61 Å². The van der Waals surface area contributed by atoms with E-state index >= 15 is 0 Å². The molecular weight excluding hydrogens is 406 g/mol. The molecule has 1 aromatic heterocycles. The molecule has 0 fully saturated rings. The third kappa shape index (κ3) is 6.23. The summed E-state index contributed by atoms with van der Waals surface area (Å²) < 4.78 is 17.6. The molecule has 7 nitrogen and oxygen atoms in total. The molecule has 3 rings (SSSR count). The van der Waals surface area contributed by atoms with E-state index in [4.69, 9.17) is 25.8 Å². The van der Waals surface area contributed by atoms with Crippen LogP contribution in [-0.2, 0) is 22.6 Å². The summed E-state index contributed by atoms with van der Waals surface area (Å²) in [6.45, 7) is 3.31. The van der Waals surface area contributed by atoms with Gasteiger partial charge in [0.25, 0.3) is 0 Å². The highest BCUT2D eigenvalue weighted by Gasteiger charge is 2.12. The van der Waals surface area contributed by atoms with E-state index in [2.05, 4.69) is 10.4 Å². The Hall–Kier alpha value is -3.03. The molecule has 0 saturated carbocycles. The van der Waals surface area contributed by atoms with Crippen LogP contribution in [0, 0.1) is 6.92 Å². The Kier molecular flexibility index (Phi) is 7.70. The van der Waals surface area contributed by atoms with Crippen LogP contribution >= 0.6 is 11.6 Å². The first-order valence-corrected chi connectivity index (χ1v) is 9.85. The van der Waals surface area contributed by atoms with Crippen LogP contribution in [0.2, 0.25) is 5.02 Å². The highest BCUT2D eigenvalue weighted by atomic mass is 35.5. The summed E-state index contributed by atoms with van der Waals surface area (Å²) in [6, 6.07) is 17.2. The van der Waals surface area contributed by atoms with Gasteiger partial charge in [0.05, 0.1) is 13.2 Å². The van der Waals surface area contributed by atoms with Gasteiger partial charge in [-0.05, 0) is 30.7 Å². The van der Waals surface area contributed by atoms with Gasteiger partial charge in [-0.25, -0.2) is 4.79 Å². The summed E-state index contributed by atoms with van der Waals surface area (Å²) in [4.78, 5) is 11.8. The van der Waals surface area contributed by atoms with Crippen molar-refractivity contribution in [2.45, 2.75) is 20.1 Å². The molecule has 1 N–H and O–H groups in total. The fraction of sp³-hybridized carbons (Fsp3) is 0.273. The average Bonchev–Trinajstić information content (AvgIpc) is 3.07. The number of aromatic nitrogens is 2. The minimum atomic E-state index is -0.577. The van der Waals surface area contributed by atoms with Crippen LogP contribution in [0.25, 0.3) is 0 Å². The Balaban J connectivity index is 1.69. The molecule has 2 aromatic carbocycles. The number of carbonyl (C=O) groups is 1. The third-order valence-electron chi connectivity index (χ3n) is 4.31. The van der Waals surface area contributed by atoms with Crippen molar-refractivity contribution in [2.24, 2.45) is 0 Å². The Morgan fingerprint density at radius 3 is 2.70 bits per heavy atom. The molecule has 8 heteroatoms. The summed E-state index contributed by atoms with van der Waals surface area (Å²) in [6.07, 6.45) is -0.577. The normalized spacial score (nSPS) is 10.6. The first-order valence-electron chi connectivity index (χ1n) is 9.47. The van der Waals surface area contributed by atoms with Gasteiger partial charge in [0.15, 0.2) is 5.82 Å². The molecule has 3 aromatic rings. The molecule has 1 heterocycles. The zero-order valence-electron chi connectivity index (χ0n) is 16.9. The maximum atomic E-state index is 11.8. The average molecular weight is 430 g/mol. The number of hydrogen-bond acceptors (Lipinski definition) is 5. The minimum absolute atomic E-state index is 0.173. The SMILES string of the molecule is COCCOC(=O)Nc1cc(C)n(Cc2cc(Cl)ccc2OCc2ccccc2)n1. The monoisotopic (exact) mass is 429 g/mol. The van der Waals surface area contributed by atoms with Crippen molar-refractivity contribution >= 4 is 23.5 Å². The van der Waals surface area contributed by atoms with Gasteiger partial charge in [-0.15, -0.1) is 0 Å². The van der Waals surface area contributed by atoms with E-state index in [9.17, 15) is 4.79 Å².